The molecule has 18 heavy (non-hydrogen) atoms. The number of benzene rings is 1. The number of nitrogens with one attached hydrogen (secondary N) is 1. The number of nitrogens with two attached hydrogens (primary N) is 1. The molecule has 98 valence electrons. The third-order valence-corrected chi connectivity index (χ3v) is 2.83. The molecule has 0 unspecified atom stereocenters. The van der Waals surface area contributed by atoms with Crippen LogP contribution in [0.4, 0.5) is 11.4 Å². The highest BCUT2D eigenvalue weighted by Crippen LogP contribution is 2.20. The van der Waals surface area contributed by atoms with E-state index in [1.165, 1.54) is 18.2 Å². The minimum atomic E-state index is -0.554. The third kappa shape index (κ3) is 3.19. The summed E-state index contributed by atoms with van der Waals surface area (Å²) in [7, 11) is 0. The molecule has 0 bridgehead atoms. The van der Waals surface area contributed by atoms with Gasteiger partial charge in [0.25, 0.3) is 11.6 Å². The first-order chi connectivity index (χ1) is 8.26. The van der Waals surface area contributed by atoms with E-state index in [0.717, 1.165) is 6.42 Å². The number of hydrogen-bond donors (Lipinski definition) is 2. The Bertz CT molecular complexity index is 483. The Balaban J connectivity index is 3.05. The van der Waals surface area contributed by atoms with E-state index in [2.05, 4.69) is 5.32 Å². The van der Waals surface area contributed by atoms with Crippen molar-refractivity contribution in [3.05, 3.63) is 33.9 Å². The largest absolute Gasteiger partial charge is 0.398 e. The van der Waals surface area contributed by atoms with Crippen LogP contribution in [0.5, 0.6) is 0 Å². The molecule has 3 N–H and O–H groups in total. The number of amides is 1. The number of nitrogens with zero attached hydrogens (tertiary/aromatic N) is 1. The number of hydrogen-bond acceptors (Lipinski definition) is 4. The normalized spacial score (nSPS) is 11.1. The van der Waals surface area contributed by atoms with E-state index in [1.807, 2.05) is 20.8 Å². The van der Waals surface area contributed by atoms with Crippen LogP contribution in [0.1, 0.15) is 37.6 Å². The monoisotopic (exact) mass is 251 g/mol. The van der Waals surface area contributed by atoms with Gasteiger partial charge in [-0.1, -0.05) is 6.92 Å². The molecule has 0 aliphatic carbocycles. The Hall–Kier alpha value is -2.11. The van der Waals surface area contributed by atoms with Crippen molar-refractivity contribution in [3.63, 3.8) is 0 Å². The Labute approximate surface area is 105 Å². The van der Waals surface area contributed by atoms with Gasteiger partial charge in [-0.15, -0.1) is 0 Å². The number of carbonyl (C=O) groups is 1. The first-order valence-corrected chi connectivity index (χ1v) is 5.63. The molecule has 0 spiro atoms. The molecule has 0 aliphatic rings. The maximum absolute atomic E-state index is 12.0. The Morgan fingerprint density at radius 1 is 1.50 bits per heavy atom. The van der Waals surface area contributed by atoms with Crippen LogP contribution in [-0.4, -0.2) is 16.4 Å². The topological polar surface area (TPSA) is 98.3 Å². The fourth-order valence-corrected chi connectivity index (χ4v) is 1.32. The zero-order valence-corrected chi connectivity index (χ0v) is 10.7. The molecule has 0 aliphatic heterocycles. The highest BCUT2D eigenvalue weighted by molar-refractivity contribution is 6.00. The predicted octanol–water partition coefficient (Wildman–Crippen LogP) is 2.10. The molecule has 0 saturated carbocycles. The second kappa shape index (κ2) is 5.03. The number of nitro groups is 1. The van der Waals surface area contributed by atoms with Gasteiger partial charge in [0.15, 0.2) is 0 Å². The summed E-state index contributed by atoms with van der Waals surface area (Å²) in [5.41, 5.74) is 5.49. The molecule has 1 rings (SSSR count). The smallest absolute Gasteiger partial charge is 0.270 e. The molecule has 0 radical (unpaired) electrons. The molecule has 0 heterocycles. The van der Waals surface area contributed by atoms with Crippen molar-refractivity contribution in [2.45, 2.75) is 32.7 Å². The van der Waals surface area contributed by atoms with E-state index in [1.54, 1.807) is 0 Å². The lowest BCUT2D eigenvalue weighted by atomic mass is 10.0. The lowest BCUT2D eigenvalue weighted by Gasteiger charge is -2.24. The van der Waals surface area contributed by atoms with Crippen LogP contribution in [0.25, 0.3) is 0 Å². The lowest BCUT2D eigenvalue weighted by Crippen LogP contribution is -2.43. The number of non-ortho nitro benzene ring substituents is 1. The number of anilines is 1. The highest BCUT2D eigenvalue weighted by Gasteiger charge is 2.21. The summed E-state index contributed by atoms with van der Waals surface area (Å²) in [6, 6.07) is 3.83. The molecule has 0 saturated heterocycles. The van der Waals surface area contributed by atoms with Crippen molar-refractivity contribution in [2.75, 3.05) is 5.73 Å². The Kier molecular flexibility index (Phi) is 3.90. The average Bonchev–Trinajstić information content (AvgIpc) is 2.28. The van der Waals surface area contributed by atoms with Crippen LogP contribution in [0.3, 0.4) is 0 Å². The number of rotatable bonds is 4. The molecule has 1 amide bonds. The van der Waals surface area contributed by atoms with E-state index in [9.17, 15) is 14.9 Å². The zero-order valence-electron chi connectivity index (χ0n) is 10.7. The molecular weight excluding hydrogens is 234 g/mol. The summed E-state index contributed by atoms with van der Waals surface area (Å²) in [4.78, 5) is 22.1. The van der Waals surface area contributed by atoms with Crippen LogP contribution in [-0.2, 0) is 0 Å². The van der Waals surface area contributed by atoms with Crippen molar-refractivity contribution < 1.29 is 9.72 Å². The number of nitro benzene ring substituents is 1. The molecule has 1 aromatic carbocycles. The first-order valence-electron chi connectivity index (χ1n) is 5.63. The van der Waals surface area contributed by atoms with Gasteiger partial charge in [0.2, 0.25) is 0 Å². The summed E-state index contributed by atoms with van der Waals surface area (Å²) in [6.45, 7) is 5.69. The second-order valence-electron chi connectivity index (χ2n) is 4.72. The van der Waals surface area contributed by atoms with Gasteiger partial charge in [-0.05, 0) is 26.3 Å². The summed E-state index contributed by atoms with van der Waals surface area (Å²) in [6.07, 6.45) is 0.744. The minimum Gasteiger partial charge on any atom is -0.398 e. The summed E-state index contributed by atoms with van der Waals surface area (Å²) < 4.78 is 0. The van der Waals surface area contributed by atoms with Crippen molar-refractivity contribution >= 4 is 17.3 Å². The van der Waals surface area contributed by atoms with E-state index < -0.39 is 10.8 Å². The summed E-state index contributed by atoms with van der Waals surface area (Å²) in [5.74, 6) is -0.400. The lowest BCUT2D eigenvalue weighted by molar-refractivity contribution is -0.384. The van der Waals surface area contributed by atoms with Crippen LogP contribution >= 0.6 is 0 Å². The zero-order chi connectivity index (χ0) is 13.9. The Morgan fingerprint density at radius 2 is 2.11 bits per heavy atom. The third-order valence-electron chi connectivity index (χ3n) is 2.83. The standard InChI is InChI=1S/C12H17N3O3/c1-4-12(2,3)14-11(16)9-7-8(15(17)18)5-6-10(9)13/h5-7H,4,13H2,1-3H3,(H,14,16). The van der Waals surface area contributed by atoms with Gasteiger partial charge < -0.3 is 11.1 Å². The average molecular weight is 251 g/mol. The van der Waals surface area contributed by atoms with Gasteiger partial charge in [0.1, 0.15) is 0 Å². The predicted molar refractivity (Wildman–Crippen MR) is 69.3 cm³/mol. The van der Waals surface area contributed by atoms with Crippen LogP contribution in [0.15, 0.2) is 18.2 Å². The molecular formula is C12H17N3O3. The van der Waals surface area contributed by atoms with Crippen molar-refractivity contribution in [3.8, 4) is 0 Å². The van der Waals surface area contributed by atoms with Crippen molar-refractivity contribution in [1.29, 1.82) is 0 Å². The van der Waals surface area contributed by atoms with Crippen LogP contribution < -0.4 is 11.1 Å². The van der Waals surface area contributed by atoms with Gasteiger partial charge in [0.05, 0.1) is 10.5 Å². The minimum absolute atomic E-state index is 0.130. The second-order valence-corrected chi connectivity index (χ2v) is 4.72. The van der Waals surface area contributed by atoms with Gasteiger partial charge in [-0.2, -0.15) is 0 Å². The van der Waals surface area contributed by atoms with Crippen molar-refractivity contribution in [1.82, 2.24) is 5.32 Å². The maximum Gasteiger partial charge on any atom is 0.270 e. The number of carbonyl (C=O) groups excluding carboxylic acids is 1. The van der Waals surface area contributed by atoms with Crippen LogP contribution in [0, 0.1) is 10.1 Å². The van der Waals surface area contributed by atoms with Crippen molar-refractivity contribution in [2.24, 2.45) is 0 Å². The summed E-state index contributed by atoms with van der Waals surface area (Å²) in [5, 5.41) is 13.4. The van der Waals surface area contributed by atoms with Gasteiger partial charge in [-0.3, -0.25) is 14.9 Å². The molecule has 6 heteroatoms. The first kappa shape index (κ1) is 14.0. The maximum atomic E-state index is 12.0. The van der Waals surface area contributed by atoms with Crippen LogP contribution in [0.2, 0.25) is 0 Å². The molecule has 1 aromatic rings. The number of nitrogen functional groups attached to an aromatic ring is 1. The van der Waals surface area contributed by atoms with Gasteiger partial charge in [-0.25, -0.2) is 0 Å². The SMILES string of the molecule is CCC(C)(C)NC(=O)c1cc([N+](=O)[O-])ccc1N. The Morgan fingerprint density at radius 3 is 2.61 bits per heavy atom. The van der Waals surface area contributed by atoms with E-state index in [4.69, 9.17) is 5.73 Å². The van der Waals surface area contributed by atoms with E-state index >= 15 is 0 Å². The summed E-state index contributed by atoms with van der Waals surface area (Å²) >= 11 is 0. The molecule has 6 nitrogen and oxygen atoms in total. The van der Waals surface area contributed by atoms with Gasteiger partial charge >= 0.3 is 0 Å². The quantitative estimate of drug-likeness (QED) is 0.486. The molecule has 0 fully saturated rings. The van der Waals surface area contributed by atoms with E-state index in [-0.39, 0.29) is 22.5 Å². The molecule has 0 atom stereocenters. The molecule has 0 aromatic heterocycles. The van der Waals surface area contributed by atoms with E-state index in [0.29, 0.717) is 0 Å². The fourth-order valence-electron chi connectivity index (χ4n) is 1.32. The fraction of sp³-hybridized carbons (Fsp3) is 0.417. The highest BCUT2D eigenvalue weighted by atomic mass is 16.6. The van der Waals surface area contributed by atoms with Gasteiger partial charge in [0, 0.05) is 23.4 Å².